The zero-order chi connectivity index (χ0) is 20.5. The maximum Gasteiger partial charge on any atom is 0.253 e. The third kappa shape index (κ3) is 4.27. The molecule has 3 heterocycles. The van der Waals surface area contributed by atoms with E-state index in [1.807, 2.05) is 24.3 Å². The lowest BCUT2D eigenvalue weighted by Gasteiger charge is -2.19. The van der Waals surface area contributed by atoms with E-state index < -0.39 is 0 Å². The second-order valence-electron chi connectivity index (χ2n) is 7.47. The number of aromatic nitrogens is 2. The summed E-state index contributed by atoms with van der Waals surface area (Å²) in [7, 11) is 0. The van der Waals surface area contributed by atoms with Crippen LogP contribution in [0.15, 0.2) is 56.5 Å². The molecule has 1 saturated carbocycles. The van der Waals surface area contributed by atoms with Crippen molar-refractivity contribution in [2.45, 2.75) is 42.6 Å². The van der Waals surface area contributed by atoms with Crippen LogP contribution in [0.1, 0.15) is 42.2 Å². The van der Waals surface area contributed by atoms with Crippen molar-refractivity contribution in [1.82, 2.24) is 15.2 Å². The molecule has 1 N–H and O–H groups in total. The standard InChI is InChI=1S/C21H21N5O2S2/c1-13-4-6-14(7-5-13)16-11-17(18-3-2-10-28-18)26(25-16)19(27)12-29-21-24-23-20(30-21)22-15-8-9-15/h2-7,10,15,17H,8-9,11-12H2,1H3,(H,22,23)/t17-/m1/s1. The van der Waals surface area contributed by atoms with E-state index >= 15 is 0 Å². The Kier molecular flexibility index (Phi) is 5.30. The van der Waals surface area contributed by atoms with Crippen molar-refractivity contribution in [3.8, 4) is 0 Å². The number of nitrogens with one attached hydrogen (secondary N) is 1. The Labute approximate surface area is 182 Å². The first-order chi connectivity index (χ1) is 14.7. The molecule has 1 aliphatic heterocycles. The van der Waals surface area contributed by atoms with Gasteiger partial charge in [0.05, 0.1) is 17.7 Å². The number of rotatable bonds is 7. The van der Waals surface area contributed by atoms with Gasteiger partial charge in [-0.1, -0.05) is 52.9 Å². The molecule has 0 bridgehead atoms. The Morgan fingerprint density at radius 2 is 2.10 bits per heavy atom. The van der Waals surface area contributed by atoms with Crippen molar-refractivity contribution in [2.75, 3.05) is 11.1 Å². The number of carbonyl (C=O) groups excluding carboxylic acids is 1. The van der Waals surface area contributed by atoms with Gasteiger partial charge in [-0.15, -0.1) is 10.2 Å². The van der Waals surface area contributed by atoms with Gasteiger partial charge in [-0.2, -0.15) is 5.10 Å². The van der Waals surface area contributed by atoms with Crippen molar-refractivity contribution in [2.24, 2.45) is 5.10 Å². The smallest absolute Gasteiger partial charge is 0.253 e. The minimum absolute atomic E-state index is 0.0737. The van der Waals surface area contributed by atoms with Crippen LogP contribution in [0.3, 0.4) is 0 Å². The number of carbonyl (C=O) groups is 1. The molecule has 0 saturated heterocycles. The molecule has 3 aromatic rings. The van der Waals surface area contributed by atoms with Crippen LogP contribution < -0.4 is 5.32 Å². The average Bonchev–Trinajstić information content (AvgIpc) is 3.17. The molecule has 1 aromatic carbocycles. The summed E-state index contributed by atoms with van der Waals surface area (Å²) >= 11 is 2.88. The molecule has 1 aliphatic carbocycles. The van der Waals surface area contributed by atoms with Crippen molar-refractivity contribution in [3.63, 3.8) is 0 Å². The van der Waals surface area contributed by atoms with Gasteiger partial charge in [-0.25, -0.2) is 5.01 Å². The first-order valence-corrected chi connectivity index (χ1v) is 11.7. The molecule has 0 spiro atoms. The number of benzene rings is 1. The molecule has 5 rings (SSSR count). The highest BCUT2D eigenvalue weighted by atomic mass is 32.2. The van der Waals surface area contributed by atoms with E-state index in [4.69, 9.17) is 4.42 Å². The third-order valence-corrected chi connectivity index (χ3v) is 7.03. The number of nitrogens with zero attached hydrogens (tertiary/aromatic N) is 4. The molecule has 154 valence electrons. The van der Waals surface area contributed by atoms with Crippen LogP contribution in [-0.4, -0.2) is 38.6 Å². The number of amides is 1. The third-order valence-electron chi connectivity index (χ3n) is 5.05. The van der Waals surface area contributed by atoms with Crippen LogP contribution in [0.2, 0.25) is 0 Å². The summed E-state index contributed by atoms with van der Waals surface area (Å²) in [6.45, 7) is 2.05. The Bertz CT molecular complexity index is 1060. The van der Waals surface area contributed by atoms with Gasteiger partial charge in [-0.3, -0.25) is 4.79 Å². The minimum Gasteiger partial charge on any atom is -0.467 e. The van der Waals surface area contributed by atoms with E-state index in [2.05, 4.69) is 39.7 Å². The molecule has 0 radical (unpaired) electrons. The molecule has 9 heteroatoms. The number of aryl methyl sites for hydroxylation is 1. The molecule has 7 nitrogen and oxygen atoms in total. The summed E-state index contributed by atoms with van der Waals surface area (Å²) in [5, 5.41) is 18.7. The van der Waals surface area contributed by atoms with Crippen molar-refractivity contribution < 1.29 is 9.21 Å². The van der Waals surface area contributed by atoms with Gasteiger partial charge in [-0.05, 0) is 37.5 Å². The molecule has 1 amide bonds. The first kappa shape index (κ1) is 19.3. The number of furan rings is 1. The van der Waals surface area contributed by atoms with Gasteiger partial charge >= 0.3 is 0 Å². The number of thioether (sulfide) groups is 1. The first-order valence-electron chi connectivity index (χ1n) is 9.88. The fraction of sp³-hybridized carbons (Fsp3) is 0.333. The van der Waals surface area contributed by atoms with Crippen LogP contribution in [-0.2, 0) is 4.79 Å². The zero-order valence-electron chi connectivity index (χ0n) is 16.4. The quantitative estimate of drug-likeness (QED) is 0.547. The molecular weight excluding hydrogens is 418 g/mol. The van der Waals surface area contributed by atoms with E-state index in [0.717, 1.165) is 26.5 Å². The summed E-state index contributed by atoms with van der Waals surface area (Å²) in [4.78, 5) is 13.0. The van der Waals surface area contributed by atoms with Gasteiger partial charge in [0.1, 0.15) is 11.8 Å². The highest BCUT2D eigenvalue weighted by Crippen LogP contribution is 2.35. The second kappa shape index (κ2) is 8.23. The molecule has 0 unspecified atom stereocenters. The van der Waals surface area contributed by atoms with E-state index in [9.17, 15) is 4.79 Å². The van der Waals surface area contributed by atoms with Gasteiger partial charge in [0.15, 0.2) is 4.34 Å². The van der Waals surface area contributed by atoms with Crippen molar-refractivity contribution in [3.05, 3.63) is 59.5 Å². The SMILES string of the molecule is Cc1ccc(C2=NN(C(=O)CSc3nnc(NC4CC4)s3)[C@@H](c3ccco3)C2)cc1. The van der Waals surface area contributed by atoms with E-state index in [1.165, 1.54) is 41.5 Å². The Morgan fingerprint density at radius 1 is 1.27 bits per heavy atom. The van der Waals surface area contributed by atoms with Crippen LogP contribution in [0, 0.1) is 6.92 Å². The molecular formula is C21H21N5O2S2. The summed E-state index contributed by atoms with van der Waals surface area (Å²) in [5.41, 5.74) is 3.11. The lowest BCUT2D eigenvalue weighted by atomic mass is 10.0. The van der Waals surface area contributed by atoms with Crippen LogP contribution in [0.5, 0.6) is 0 Å². The maximum atomic E-state index is 13.0. The van der Waals surface area contributed by atoms with Gasteiger partial charge in [0, 0.05) is 12.5 Å². The largest absolute Gasteiger partial charge is 0.467 e. The minimum atomic E-state index is -0.231. The van der Waals surface area contributed by atoms with Crippen LogP contribution in [0.4, 0.5) is 5.13 Å². The zero-order valence-corrected chi connectivity index (χ0v) is 18.1. The fourth-order valence-corrected chi connectivity index (χ4v) is 4.96. The lowest BCUT2D eigenvalue weighted by Crippen LogP contribution is -2.28. The highest BCUT2D eigenvalue weighted by molar-refractivity contribution is 8.01. The number of anilines is 1. The average molecular weight is 440 g/mol. The van der Waals surface area contributed by atoms with Gasteiger partial charge in [0.25, 0.3) is 5.91 Å². The predicted octanol–water partition coefficient (Wildman–Crippen LogP) is 4.48. The Hall–Kier alpha value is -2.65. The topological polar surface area (TPSA) is 83.6 Å². The van der Waals surface area contributed by atoms with E-state index in [-0.39, 0.29) is 17.7 Å². The van der Waals surface area contributed by atoms with Crippen molar-refractivity contribution >= 4 is 39.8 Å². The Balaban J connectivity index is 1.30. The molecule has 2 aliphatic rings. The number of hydrogen-bond donors (Lipinski definition) is 1. The monoisotopic (exact) mass is 439 g/mol. The summed E-state index contributed by atoms with van der Waals surface area (Å²) in [5.74, 6) is 0.918. The van der Waals surface area contributed by atoms with E-state index in [1.54, 1.807) is 11.3 Å². The van der Waals surface area contributed by atoms with Crippen LogP contribution in [0.25, 0.3) is 0 Å². The summed E-state index contributed by atoms with van der Waals surface area (Å²) in [6, 6.07) is 12.2. The summed E-state index contributed by atoms with van der Waals surface area (Å²) < 4.78 is 6.39. The predicted molar refractivity (Wildman–Crippen MR) is 118 cm³/mol. The van der Waals surface area contributed by atoms with Gasteiger partial charge in [0.2, 0.25) is 5.13 Å². The molecule has 30 heavy (non-hydrogen) atoms. The summed E-state index contributed by atoms with van der Waals surface area (Å²) in [6.07, 6.45) is 4.63. The van der Waals surface area contributed by atoms with Crippen LogP contribution >= 0.6 is 23.1 Å². The normalized spacial score (nSPS) is 18.5. The van der Waals surface area contributed by atoms with Gasteiger partial charge < -0.3 is 9.73 Å². The van der Waals surface area contributed by atoms with E-state index in [0.29, 0.717) is 12.5 Å². The van der Waals surface area contributed by atoms with Crippen molar-refractivity contribution in [1.29, 1.82) is 0 Å². The molecule has 1 fully saturated rings. The fourth-order valence-electron chi connectivity index (χ4n) is 3.28. The number of hydrogen-bond acceptors (Lipinski definition) is 8. The maximum absolute atomic E-state index is 13.0. The number of hydrazone groups is 1. The highest BCUT2D eigenvalue weighted by Gasteiger charge is 2.35. The lowest BCUT2D eigenvalue weighted by molar-refractivity contribution is -0.130. The second-order valence-corrected chi connectivity index (χ2v) is 9.67. The molecule has 1 atom stereocenters. The molecule has 2 aromatic heterocycles. The Morgan fingerprint density at radius 3 is 2.83 bits per heavy atom.